The van der Waals surface area contributed by atoms with Gasteiger partial charge in [0.05, 0.1) is 16.5 Å². The first-order chi connectivity index (χ1) is 11.5. The third-order valence-electron chi connectivity index (χ3n) is 3.75. The van der Waals surface area contributed by atoms with Crippen molar-refractivity contribution in [3.63, 3.8) is 0 Å². The number of rotatable bonds is 7. The van der Waals surface area contributed by atoms with Crippen molar-refractivity contribution in [2.24, 2.45) is 5.92 Å². The van der Waals surface area contributed by atoms with Gasteiger partial charge in [-0.2, -0.15) is 0 Å². The Labute approximate surface area is 145 Å². The molecule has 1 atom stereocenters. The molecule has 128 valence electrons. The molecule has 1 aromatic rings. The molecule has 0 spiro atoms. The normalized spacial score (nSPS) is 16.2. The summed E-state index contributed by atoms with van der Waals surface area (Å²) in [6.45, 7) is 9.88. The molecular weight excluding hydrogens is 326 g/mol. The minimum Gasteiger partial charge on any atom is -0.335 e. The Bertz CT molecular complexity index is 671. The van der Waals surface area contributed by atoms with Crippen LogP contribution in [-0.4, -0.2) is 40.6 Å². The van der Waals surface area contributed by atoms with E-state index in [0.29, 0.717) is 41.6 Å². The van der Waals surface area contributed by atoms with Gasteiger partial charge in [0, 0.05) is 32.4 Å². The quantitative estimate of drug-likeness (QED) is 0.768. The second kappa shape index (κ2) is 8.01. The zero-order chi connectivity index (χ0) is 17.7. The zero-order valence-corrected chi connectivity index (χ0v) is 14.5. The first-order valence-electron chi connectivity index (χ1n) is 7.83. The van der Waals surface area contributed by atoms with Crippen LogP contribution in [0.25, 0.3) is 0 Å². The highest BCUT2D eigenvalue weighted by atomic mass is 32.1. The van der Waals surface area contributed by atoms with Crippen molar-refractivity contribution in [1.82, 2.24) is 9.88 Å². The van der Waals surface area contributed by atoms with Crippen LogP contribution in [0, 0.1) is 5.92 Å². The largest absolute Gasteiger partial charge is 0.335 e. The predicted molar refractivity (Wildman–Crippen MR) is 94.2 cm³/mol. The van der Waals surface area contributed by atoms with Crippen molar-refractivity contribution in [1.29, 1.82) is 0 Å². The van der Waals surface area contributed by atoms with E-state index >= 15 is 0 Å². The lowest BCUT2D eigenvalue weighted by molar-refractivity contribution is -0.134. The summed E-state index contributed by atoms with van der Waals surface area (Å²) in [6, 6.07) is 0. The number of fused-ring (bicyclic) bond motifs is 1. The summed E-state index contributed by atoms with van der Waals surface area (Å²) in [5.41, 5.74) is 0.596. The van der Waals surface area contributed by atoms with Crippen LogP contribution in [0.15, 0.2) is 25.3 Å². The fourth-order valence-corrected chi connectivity index (χ4v) is 3.55. The fraction of sp³-hybridized carbons (Fsp3) is 0.412. The van der Waals surface area contributed by atoms with Gasteiger partial charge in [0.25, 0.3) is 0 Å². The van der Waals surface area contributed by atoms with Crippen molar-refractivity contribution in [3.05, 3.63) is 35.9 Å². The highest BCUT2D eigenvalue weighted by Crippen LogP contribution is 2.33. The van der Waals surface area contributed by atoms with Crippen LogP contribution in [0.4, 0.5) is 5.13 Å². The molecule has 0 bridgehead atoms. The molecule has 1 N–H and O–H groups in total. The number of hydrogen-bond acceptors (Lipinski definition) is 5. The SMILES string of the molecule is C=CCN(CC=C)C(=O)[C@H]1CC(=O)c2sc(NC(=O)CC)nc2C1. The van der Waals surface area contributed by atoms with Gasteiger partial charge in [0.1, 0.15) is 0 Å². The average Bonchev–Trinajstić information content (AvgIpc) is 2.96. The molecule has 0 fully saturated rings. The molecule has 1 aliphatic rings. The van der Waals surface area contributed by atoms with Crippen molar-refractivity contribution in [2.45, 2.75) is 26.2 Å². The molecule has 6 nitrogen and oxygen atoms in total. The number of thiazole rings is 1. The highest BCUT2D eigenvalue weighted by Gasteiger charge is 2.34. The number of nitrogens with zero attached hydrogens (tertiary/aromatic N) is 2. The van der Waals surface area contributed by atoms with Gasteiger partial charge in [0.2, 0.25) is 11.8 Å². The molecule has 0 aromatic carbocycles. The lowest BCUT2D eigenvalue weighted by Crippen LogP contribution is -2.39. The Hall–Kier alpha value is -2.28. The van der Waals surface area contributed by atoms with Crippen LogP contribution in [0.3, 0.4) is 0 Å². The van der Waals surface area contributed by atoms with Gasteiger partial charge in [-0.1, -0.05) is 30.4 Å². The summed E-state index contributed by atoms with van der Waals surface area (Å²) in [4.78, 5) is 43.0. The minimum atomic E-state index is -0.429. The maximum atomic E-state index is 12.6. The Morgan fingerprint density at radius 2 is 2.00 bits per heavy atom. The van der Waals surface area contributed by atoms with Gasteiger partial charge in [-0.15, -0.1) is 13.2 Å². The predicted octanol–water partition coefficient (Wildman–Crippen LogP) is 2.44. The monoisotopic (exact) mass is 347 g/mol. The van der Waals surface area contributed by atoms with Gasteiger partial charge in [-0.3, -0.25) is 14.4 Å². The van der Waals surface area contributed by atoms with Crippen LogP contribution in [-0.2, 0) is 16.0 Å². The van der Waals surface area contributed by atoms with Gasteiger partial charge in [-0.05, 0) is 0 Å². The van der Waals surface area contributed by atoms with E-state index in [2.05, 4.69) is 23.5 Å². The second-order valence-corrected chi connectivity index (χ2v) is 6.54. The van der Waals surface area contributed by atoms with Crippen LogP contribution >= 0.6 is 11.3 Å². The van der Waals surface area contributed by atoms with E-state index in [1.54, 1.807) is 24.0 Å². The number of nitrogens with one attached hydrogen (secondary N) is 1. The zero-order valence-electron chi connectivity index (χ0n) is 13.7. The Morgan fingerprint density at radius 3 is 2.58 bits per heavy atom. The van der Waals surface area contributed by atoms with Crippen LogP contribution < -0.4 is 5.32 Å². The summed E-state index contributed by atoms with van der Waals surface area (Å²) >= 11 is 1.18. The van der Waals surface area contributed by atoms with Crippen molar-refractivity contribution < 1.29 is 14.4 Å². The molecule has 1 aliphatic carbocycles. The standard InChI is InChI=1S/C17H21N3O3S/c1-4-7-20(8-5-2)16(23)11-9-12-15(13(21)10-11)24-17(18-12)19-14(22)6-3/h4-5,11H,1-2,6-10H2,3H3,(H,18,19,22)/t11-/m1/s1. The molecule has 2 rings (SSSR count). The molecule has 0 saturated carbocycles. The van der Waals surface area contributed by atoms with E-state index in [4.69, 9.17) is 0 Å². The Balaban J connectivity index is 2.17. The lowest BCUT2D eigenvalue weighted by atomic mass is 9.89. The Morgan fingerprint density at radius 1 is 1.33 bits per heavy atom. The molecular formula is C17H21N3O3S. The van der Waals surface area contributed by atoms with Crippen molar-refractivity contribution >= 4 is 34.1 Å². The van der Waals surface area contributed by atoms with Gasteiger partial charge in [-0.25, -0.2) is 4.98 Å². The molecule has 7 heteroatoms. The number of aromatic nitrogens is 1. The molecule has 1 aromatic heterocycles. The number of carbonyl (C=O) groups excluding carboxylic acids is 3. The van der Waals surface area contributed by atoms with Gasteiger partial charge < -0.3 is 10.2 Å². The Kier molecular flexibility index (Phi) is 6.03. The summed E-state index contributed by atoms with van der Waals surface area (Å²) in [5.74, 6) is -0.770. The van der Waals surface area contributed by atoms with E-state index in [0.717, 1.165) is 0 Å². The highest BCUT2D eigenvalue weighted by molar-refractivity contribution is 7.17. The third-order valence-corrected chi connectivity index (χ3v) is 4.80. The second-order valence-electron chi connectivity index (χ2n) is 5.55. The number of hydrogen-bond donors (Lipinski definition) is 1. The smallest absolute Gasteiger partial charge is 0.227 e. The lowest BCUT2D eigenvalue weighted by Gasteiger charge is -2.26. The minimum absolute atomic E-state index is 0.0961. The van der Waals surface area contributed by atoms with E-state index in [9.17, 15) is 14.4 Å². The maximum absolute atomic E-state index is 12.6. The number of anilines is 1. The van der Waals surface area contributed by atoms with E-state index in [-0.39, 0.29) is 24.0 Å². The first kappa shape index (κ1) is 18.1. The molecule has 0 aliphatic heterocycles. The topological polar surface area (TPSA) is 79.4 Å². The van der Waals surface area contributed by atoms with Crippen LogP contribution in [0.5, 0.6) is 0 Å². The van der Waals surface area contributed by atoms with E-state index in [1.165, 1.54) is 11.3 Å². The third kappa shape index (κ3) is 3.97. The molecule has 0 saturated heterocycles. The fourth-order valence-electron chi connectivity index (χ4n) is 2.59. The maximum Gasteiger partial charge on any atom is 0.227 e. The molecule has 0 radical (unpaired) electrons. The summed E-state index contributed by atoms with van der Waals surface area (Å²) < 4.78 is 0. The van der Waals surface area contributed by atoms with Gasteiger partial charge in [0.15, 0.2) is 10.9 Å². The van der Waals surface area contributed by atoms with Crippen LogP contribution in [0.2, 0.25) is 0 Å². The number of amides is 2. The summed E-state index contributed by atoms with van der Waals surface area (Å²) in [5, 5.41) is 3.09. The molecule has 24 heavy (non-hydrogen) atoms. The van der Waals surface area contributed by atoms with E-state index in [1.807, 2.05) is 0 Å². The molecule has 0 unspecified atom stereocenters. The number of carbonyl (C=O) groups is 3. The van der Waals surface area contributed by atoms with Gasteiger partial charge >= 0.3 is 0 Å². The molecule has 1 heterocycles. The number of ketones is 1. The van der Waals surface area contributed by atoms with E-state index < -0.39 is 5.92 Å². The first-order valence-corrected chi connectivity index (χ1v) is 8.65. The summed E-state index contributed by atoms with van der Waals surface area (Å²) in [7, 11) is 0. The van der Waals surface area contributed by atoms with Crippen molar-refractivity contribution in [3.8, 4) is 0 Å². The summed E-state index contributed by atoms with van der Waals surface area (Å²) in [6.07, 6.45) is 4.22. The van der Waals surface area contributed by atoms with Crippen LogP contribution in [0.1, 0.15) is 35.1 Å². The van der Waals surface area contributed by atoms with Crippen molar-refractivity contribution in [2.75, 3.05) is 18.4 Å². The molecule has 2 amide bonds. The average molecular weight is 347 g/mol. The number of Topliss-reactive ketones (excluding diaryl/α,β-unsaturated/α-hetero) is 1.